The number of hydrogen-bond donors (Lipinski definition) is 1. The smallest absolute Gasteiger partial charge is 0.135 e. The highest BCUT2D eigenvalue weighted by atomic mass is 35.5. The summed E-state index contributed by atoms with van der Waals surface area (Å²) in [4.78, 5) is 4.01. The van der Waals surface area contributed by atoms with Gasteiger partial charge in [-0.1, -0.05) is 6.07 Å². The monoisotopic (exact) mass is 186 g/mol. The Morgan fingerprint density at radius 1 is 1.58 bits per heavy atom. The summed E-state index contributed by atoms with van der Waals surface area (Å²) >= 11 is 0. The van der Waals surface area contributed by atoms with Crippen LogP contribution in [0, 0.1) is 0 Å². The number of pyridine rings is 1. The topological polar surface area (TPSA) is 34.2 Å². The van der Waals surface area contributed by atoms with Crippen molar-refractivity contribution in [3.63, 3.8) is 0 Å². The summed E-state index contributed by atoms with van der Waals surface area (Å²) in [5.74, 6) is 0. The van der Waals surface area contributed by atoms with Gasteiger partial charge in [0.15, 0.2) is 0 Å². The van der Waals surface area contributed by atoms with Crippen molar-refractivity contribution in [2.24, 2.45) is 0 Å². The lowest BCUT2D eigenvalue weighted by Gasteiger charge is -2.07. The first-order valence-corrected chi connectivity index (χ1v) is 3.72. The fraction of sp³-hybridized carbons (Fsp3) is 0.375. The molecule has 1 aliphatic rings. The van der Waals surface area contributed by atoms with Gasteiger partial charge in [0.25, 0.3) is 0 Å². The van der Waals surface area contributed by atoms with Crippen molar-refractivity contribution in [3.05, 3.63) is 30.1 Å². The quantitative estimate of drug-likeness (QED) is 0.714. The van der Waals surface area contributed by atoms with Crippen LogP contribution in [0.4, 0.5) is 0 Å². The van der Waals surface area contributed by atoms with E-state index in [2.05, 4.69) is 10.3 Å². The van der Waals surface area contributed by atoms with E-state index >= 15 is 0 Å². The number of nitrogens with one attached hydrogen (secondary N) is 1. The van der Waals surface area contributed by atoms with E-state index in [-0.39, 0.29) is 18.6 Å². The largest absolute Gasteiger partial charge is 0.358 e. The summed E-state index contributed by atoms with van der Waals surface area (Å²) in [6.45, 7) is 1.72. The number of hydrogen-bond acceptors (Lipinski definition) is 3. The van der Waals surface area contributed by atoms with E-state index in [0.29, 0.717) is 0 Å². The van der Waals surface area contributed by atoms with Gasteiger partial charge < -0.3 is 4.74 Å². The maximum atomic E-state index is 5.39. The first kappa shape index (κ1) is 9.45. The van der Waals surface area contributed by atoms with E-state index in [1.807, 2.05) is 18.3 Å². The highest BCUT2D eigenvalue weighted by Gasteiger charge is 2.15. The molecule has 1 saturated heterocycles. The van der Waals surface area contributed by atoms with Crippen LogP contribution in [0.5, 0.6) is 0 Å². The van der Waals surface area contributed by atoms with Crippen LogP contribution in [0.2, 0.25) is 0 Å². The van der Waals surface area contributed by atoms with Crippen molar-refractivity contribution in [3.8, 4) is 0 Å². The lowest BCUT2D eigenvalue weighted by Crippen LogP contribution is -2.13. The molecular formula is C8H11ClN2O. The van der Waals surface area contributed by atoms with Crippen LogP contribution in [-0.4, -0.2) is 18.1 Å². The zero-order valence-corrected chi connectivity index (χ0v) is 7.38. The fourth-order valence-electron chi connectivity index (χ4n) is 1.17. The fourth-order valence-corrected chi connectivity index (χ4v) is 1.17. The molecule has 0 radical (unpaired) electrons. The van der Waals surface area contributed by atoms with E-state index in [1.54, 1.807) is 6.20 Å². The Morgan fingerprint density at radius 3 is 3.08 bits per heavy atom. The van der Waals surface area contributed by atoms with Crippen molar-refractivity contribution >= 4 is 12.4 Å². The molecule has 0 aromatic carbocycles. The third-order valence-electron chi connectivity index (χ3n) is 1.70. The highest BCUT2D eigenvalue weighted by molar-refractivity contribution is 5.85. The molecule has 1 fully saturated rings. The van der Waals surface area contributed by atoms with Crippen molar-refractivity contribution in [2.75, 3.05) is 13.2 Å². The first-order valence-electron chi connectivity index (χ1n) is 3.72. The average Bonchev–Trinajstić information content (AvgIpc) is 2.58. The predicted molar refractivity (Wildman–Crippen MR) is 48.2 cm³/mol. The second-order valence-corrected chi connectivity index (χ2v) is 2.49. The average molecular weight is 187 g/mol. The summed E-state index contributed by atoms with van der Waals surface area (Å²) in [7, 11) is 0. The van der Waals surface area contributed by atoms with Crippen molar-refractivity contribution in [1.29, 1.82) is 0 Å². The van der Waals surface area contributed by atoms with Gasteiger partial charge in [-0.25, -0.2) is 0 Å². The molecule has 2 heterocycles. The zero-order chi connectivity index (χ0) is 7.52. The van der Waals surface area contributed by atoms with E-state index in [4.69, 9.17) is 4.74 Å². The Hall–Kier alpha value is -0.640. The molecule has 1 aromatic rings. The lowest BCUT2D eigenvalue weighted by atomic mass is 10.2. The Morgan fingerprint density at radius 2 is 2.50 bits per heavy atom. The molecule has 1 aromatic heterocycles. The van der Waals surface area contributed by atoms with E-state index in [1.165, 1.54) is 0 Å². The SMILES string of the molecule is Cl.c1cncc(C2NCCO2)c1. The van der Waals surface area contributed by atoms with Crippen LogP contribution in [0.15, 0.2) is 24.5 Å². The first-order chi connectivity index (χ1) is 5.47. The molecule has 1 atom stereocenters. The minimum Gasteiger partial charge on any atom is -0.358 e. The van der Waals surface area contributed by atoms with Gasteiger partial charge in [-0.2, -0.15) is 0 Å². The molecule has 1 N–H and O–H groups in total. The van der Waals surface area contributed by atoms with Crippen molar-refractivity contribution in [2.45, 2.75) is 6.23 Å². The third kappa shape index (κ3) is 1.94. The van der Waals surface area contributed by atoms with Gasteiger partial charge in [0.2, 0.25) is 0 Å². The summed E-state index contributed by atoms with van der Waals surface area (Å²) in [5.41, 5.74) is 1.10. The number of nitrogens with zero attached hydrogens (tertiary/aromatic N) is 1. The normalized spacial score (nSPS) is 21.8. The molecule has 1 unspecified atom stereocenters. The maximum absolute atomic E-state index is 5.39. The van der Waals surface area contributed by atoms with Gasteiger partial charge in [0.05, 0.1) is 6.61 Å². The van der Waals surface area contributed by atoms with Gasteiger partial charge in [-0.05, 0) is 6.07 Å². The van der Waals surface area contributed by atoms with E-state index in [0.717, 1.165) is 18.7 Å². The maximum Gasteiger partial charge on any atom is 0.135 e. The Kier molecular flexibility index (Phi) is 3.47. The molecule has 66 valence electrons. The van der Waals surface area contributed by atoms with Crippen LogP contribution in [0.3, 0.4) is 0 Å². The van der Waals surface area contributed by atoms with Crippen molar-refractivity contribution in [1.82, 2.24) is 10.3 Å². The minimum atomic E-state index is 0. The van der Waals surface area contributed by atoms with Crippen LogP contribution < -0.4 is 5.32 Å². The van der Waals surface area contributed by atoms with Crippen LogP contribution in [0.1, 0.15) is 11.8 Å². The van der Waals surface area contributed by atoms with Gasteiger partial charge in [-0.3, -0.25) is 10.3 Å². The Labute approximate surface area is 77.6 Å². The molecule has 12 heavy (non-hydrogen) atoms. The predicted octanol–water partition coefficient (Wildman–Crippen LogP) is 1.12. The highest BCUT2D eigenvalue weighted by Crippen LogP contribution is 2.15. The summed E-state index contributed by atoms with van der Waals surface area (Å²) in [6.07, 6.45) is 3.64. The summed E-state index contributed by atoms with van der Waals surface area (Å²) < 4.78 is 5.39. The zero-order valence-electron chi connectivity index (χ0n) is 6.56. The molecule has 1 aliphatic heterocycles. The standard InChI is InChI=1S/C8H10N2O.ClH/c1-2-7(6-9-3-1)8-10-4-5-11-8;/h1-3,6,8,10H,4-5H2;1H. The Bertz CT molecular complexity index is 224. The van der Waals surface area contributed by atoms with Crippen LogP contribution >= 0.6 is 12.4 Å². The molecule has 0 spiro atoms. The number of ether oxygens (including phenoxy) is 1. The molecule has 0 bridgehead atoms. The molecule has 0 amide bonds. The Balaban J connectivity index is 0.000000720. The van der Waals surface area contributed by atoms with E-state index < -0.39 is 0 Å². The third-order valence-corrected chi connectivity index (χ3v) is 1.70. The number of aromatic nitrogens is 1. The van der Waals surface area contributed by atoms with Gasteiger partial charge >= 0.3 is 0 Å². The van der Waals surface area contributed by atoms with Gasteiger partial charge in [-0.15, -0.1) is 12.4 Å². The molecule has 0 saturated carbocycles. The molecule has 2 rings (SSSR count). The van der Waals surface area contributed by atoms with Gasteiger partial charge in [0.1, 0.15) is 6.23 Å². The van der Waals surface area contributed by atoms with E-state index in [9.17, 15) is 0 Å². The second kappa shape index (κ2) is 4.40. The number of rotatable bonds is 1. The summed E-state index contributed by atoms with van der Waals surface area (Å²) in [5, 5.41) is 3.21. The minimum absolute atomic E-state index is 0. The van der Waals surface area contributed by atoms with Crippen LogP contribution in [-0.2, 0) is 4.74 Å². The van der Waals surface area contributed by atoms with Gasteiger partial charge in [0, 0.05) is 24.5 Å². The number of halogens is 1. The molecular weight excluding hydrogens is 176 g/mol. The summed E-state index contributed by atoms with van der Waals surface area (Å²) in [6, 6.07) is 3.93. The lowest BCUT2D eigenvalue weighted by molar-refractivity contribution is 0.102. The molecule has 0 aliphatic carbocycles. The van der Waals surface area contributed by atoms with Crippen LogP contribution in [0.25, 0.3) is 0 Å². The van der Waals surface area contributed by atoms with Crippen molar-refractivity contribution < 1.29 is 4.74 Å². The molecule has 4 heteroatoms. The second-order valence-electron chi connectivity index (χ2n) is 2.49. The molecule has 3 nitrogen and oxygen atoms in total.